The Balaban J connectivity index is 2.06. The molecule has 0 saturated heterocycles. The van der Waals surface area contributed by atoms with Gasteiger partial charge in [0.15, 0.2) is 5.78 Å². The molecule has 0 fully saturated rings. The van der Waals surface area contributed by atoms with Crippen molar-refractivity contribution in [3.63, 3.8) is 0 Å². The van der Waals surface area contributed by atoms with E-state index in [1.165, 1.54) is 7.11 Å². The lowest BCUT2D eigenvalue weighted by molar-refractivity contribution is 0.103. The lowest BCUT2D eigenvalue weighted by Crippen LogP contribution is -2.12. The van der Waals surface area contributed by atoms with E-state index in [2.05, 4.69) is 16.7 Å². The number of aromatic hydroxyl groups is 1. The highest BCUT2D eigenvalue weighted by Gasteiger charge is 2.27. The molecule has 0 saturated carbocycles. The molecule has 1 aromatic heterocycles. The molecule has 3 aromatic carbocycles. The highest BCUT2D eigenvalue weighted by Crippen LogP contribution is 2.39. The van der Waals surface area contributed by atoms with E-state index in [4.69, 9.17) is 9.47 Å². The predicted octanol–water partition coefficient (Wildman–Crippen LogP) is 5.26. The van der Waals surface area contributed by atoms with Gasteiger partial charge in [-0.05, 0) is 64.3 Å². The molecule has 0 amide bonds. The fourth-order valence-corrected chi connectivity index (χ4v) is 4.46. The molecule has 0 unspecified atom stereocenters. The van der Waals surface area contributed by atoms with E-state index in [0.29, 0.717) is 34.7 Å². The second kappa shape index (κ2) is 9.23. The summed E-state index contributed by atoms with van der Waals surface area (Å²) in [5.74, 6) is 1.05. The van der Waals surface area contributed by atoms with Crippen LogP contribution in [-0.2, 0) is 6.54 Å². The number of benzene rings is 3. The zero-order chi connectivity index (χ0) is 24.6. The molecule has 6 nitrogen and oxygen atoms in total. The Morgan fingerprint density at radius 2 is 1.68 bits per heavy atom. The zero-order valence-electron chi connectivity index (χ0n) is 20.5. The molecule has 0 atom stereocenters. The van der Waals surface area contributed by atoms with E-state index in [0.717, 1.165) is 27.8 Å². The molecule has 0 bridgehead atoms. The van der Waals surface area contributed by atoms with Crippen LogP contribution in [0.5, 0.6) is 17.2 Å². The number of aryl methyl sites for hydroxylation is 1. The number of phenols is 1. The van der Waals surface area contributed by atoms with Crippen LogP contribution in [0.3, 0.4) is 0 Å². The van der Waals surface area contributed by atoms with Crippen LogP contribution in [0.15, 0.2) is 54.6 Å². The maximum absolute atomic E-state index is 14.1. The van der Waals surface area contributed by atoms with Gasteiger partial charge in [-0.3, -0.25) is 4.79 Å². The van der Waals surface area contributed by atoms with Crippen LogP contribution in [0, 0.1) is 13.8 Å². The van der Waals surface area contributed by atoms with E-state index >= 15 is 0 Å². The number of carbonyl (C=O) groups is 1. The Morgan fingerprint density at radius 1 is 0.971 bits per heavy atom. The monoisotopic (exact) mass is 458 g/mol. The molecular weight excluding hydrogens is 428 g/mol. The number of aromatic nitrogens is 1. The van der Waals surface area contributed by atoms with Crippen LogP contribution in [0.25, 0.3) is 16.6 Å². The van der Waals surface area contributed by atoms with Gasteiger partial charge >= 0.3 is 0 Å². The number of phenolic OH excluding ortho intramolecular Hbond substituents is 1. The van der Waals surface area contributed by atoms with Crippen LogP contribution < -0.4 is 9.47 Å². The number of fused-ring (bicyclic) bond motifs is 1. The Hall–Kier alpha value is -3.77. The van der Waals surface area contributed by atoms with Gasteiger partial charge in [0.25, 0.3) is 0 Å². The maximum Gasteiger partial charge on any atom is 0.199 e. The van der Waals surface area contributed by atoms with Gasteiger partial charge in [0, 0.05) is 34.9 Å². The van der Waals surface area contributed by atoms with Gasteiger partial charge in [-0.1, -0.05) is 17.7 Å². The molecule has 0 spiro atoms. The normalized spacial score (nSPS) is 11.3. The molecule has 4 aromatic rings. The van der Waals surface area contributed by atoms with Gasteiger partial charge in [-0.2, -0.15) is 0 Å². The molecule has 0 radical (unpaired) electrons. The number of carbonyl (C=O) groups excluding carboxylic acids is 1. The van der Waals surface area contributed by atoms with Crippen LogP contribution in [-0.4, -0.2) is 48.7 Å². The standard InChI is InChI=1S/C28H30N2O4/c1-17-7-9-19(10-8-17)30-18(2)26(27-22(16-29(3)4)24(31)14-13-23(27)30)28(32)21-12-11-20(33-5)15-25(21)34-6/h7-15,31H,16H2,1-6H3. The van der Waals surface area contributed by atoms with Crippen molar-refractivity contribution in [2.75, 3.05) is 28.3 Å². The number of ketones is 1. The summed E-state index contributed by atoms with van der Waals surface area (Å²) >= 11 is 0. The summed E-state index contributed by atoms with van der Waals surface area (Å²) in [5, 5.41) is 11.6. The summed E-state index contributed by atoms with van der Waals surface area (Å²) in [4.78, 5) is 16.1. The Bertz CT molecular complexity index is 1370. The summed E-state index contributed by atoms with van der Waals surface area (Å²) in [6, 6.07) is 17.0. The van der Waals surface area contributed by atoms with Crippen molar-refractivity contribution in [2.24, 2.45) is 0 Å². The summed E-state index contributed by atoms with van der Waals surface area (Å²) in [6.45, 7) is 4.47. The minimum Gasteiger partial charge on any atom is -0.508 e. The molecule has 4 rings (SSSR count). The van der Waals surface area contributed by atoms with Gasteiger partial charge in [0.05, 0.1) is 30.9 Å². The van der Waals surface area contributed by atoms with Gasteiger partial charge < -0.3 is 24.0 Å². The molecule has 34 heavy (non-hydrogen) atoms. The fraction of sp³-hybridized carbons (Fsp3) is 0.250. The molecule has 0 aliphatic rings. The average Bonchev–Trinajstić information content (AvgIpc) is 3.12. The first-order chi connectivity index (χ1) is 16.3. The van der Waals surface area contributed by atoms with E-state index < -0.39 is 0 Å². The van der Waals surface area contributed by atoms with Gasteiger partial charge in [0.2, 0.25) is 0 Å². The topological polar surface area (TPSA) is 63.9 Å². The lowest BCUT2D eigenvalue weighted by Gasteiger charge is -2.14. The summed E-state index contributed by atoms with van der Waals surface area (Å²) in [7, 11) is 7.00. The third kappa shape index (κ3) is 4.01. The van der Waals surface area contributed by atoms with Gasteiger partial charge in [0.1, 0.15) is 17.2 Å². The first-order valence-corrected chi connectivity index (χ1v) is 11.1. The molecule has 1 heterocycles. The Morgan fingerprint density at radius 3 is 2.29 bits per heavy atom. The summed E-state index contributed by atoms with van der Waals surface area (Å²) in [6.07, 6.45) is 0. The summed E-state index contributed by atoms with van der Waals surface area (Å²) in [5.41, 5.74) is 5.48. The highest BCUT2D eigenvalue weighted by molar-refractivity contribution is 6.20. The number of ether oxygens (including phenoxy) is 2. The Labute approximate surface area is 200 Å². The van der Waals surface area contributed by atoms with Crippen LogP contribution in [0.4, 0.5) is 0 Å². The molecule has 0 aliphatic carbocycles. The molecule has 6 heteroatoms. The second-order valence-electron chi connectivity index (χ2n) is 8.72. The number of hydrogen-bond donors (Lipinski definition) is 1. The van der Waals surface area contributed by atoms with Crippen LogP contribution in [0.2, 0.25) is 0 Å². The summed E-state index contributed by atoms with van der Waals surface area (Å²) < 4.78 is 12.9. The second-order valence-corrected chi connectivity index (χ2v) is 8.72. The Kier molecular flexibility index (Phi) is 6.35. The largest absolute Gasteiger partial charge is 0.508 e. The average molecular weight is 459 g/mol. The van der Waals surface area contributed by atoms with Crippen LogP contribution in [0.1, 0.15) is 32.7 Å². The quantitative estimate of drug-likeness (QED) is 0.383. The SMILES string of the molecule is COc1ccc(C(=O)c2c(C)n(-c3ccc(C)cc3)c3ccc(O)c(CN(C)C)c23)c(OC)c1. The van der Waals surface area contributed by atoms with E-state index in [1.807, 2.05) is 51.0 Å². The van der Waals surface area contributed by atoms with E-state index in [9.17, 15) is 9.90 Å². The zero-order valence-corrected chi connectivity index (χ0v) is 20.5. The first kappa shape index (κ1) is 23.4. The third-order valence-corrected chi connectivity index (χ3v) is 6.10. The van der Waals surface area contributed by atoms with Crippen molar-refractivity contribution < 1.29 is 19.4 Å². The van der Waals surface area contributed by atoms with Crippen molar-refractivity contribution in [2.45, 2.75) is 20.4 Å². The molecule has 1 N–H and O–H groups in total. The van der Waals surface area contributed by atoms with Gasteiger partial charge in [-0.15, -0.1) is 0 Å². The molecular formula is C28H30N2O4. The lowest BCUT2D eigenvalue weighted by atomic mass is 9.96. The van der Waals surface area contributed by atoms with Crippen molar-refractivity contribution in [1.29, 1.82) is 0 Å². The maximum atomic E-state index is 14.1. The fourth-order valence-electron chi connectivity index (χ4n) is 4.46. The van der Waals surface area contributed by atoms with Gasteiger partial charge in [-0.25, -0.2) is 0 Å². The minimum atomic E-state index is -0.168. The predicted molar refractivity (Wildman–Crippen MR) is 135 cm³/mol. The van der Waals surface area contributed by atoms with Crippen molar-refractivity contribution in [3.05, 3.63) is 82.5 Å². The number of rotatable bonds is 7. The third-order valence-electron chi connectivity index (χ3n) is 6.10. The van der Waals surface area contributed by atoms with Crippen molar-refractivity contribution in [3.8, 4) is 22.9 Å². The minimum absolute atomic E-state index is 0.165. The van der Waals surface area contributed by atoms with Crippen LogP contribution >= 0.6 is 0 Å². The smallest absolute Gasteiger partial charge is 0.199 e. The molecule has 0 aliphatic heterocycles. The highest BCUT2D eigenvalue weighted by atomic mass is 16.5. The first-order valence-electron chi connectivity index (χ1n) is 11.1. The van der Waals surface area contributed by atoms with Crippen molar-refractivity contribution >= 4 is 16.7 Å². The number of methoxy groups -OCH3 is 2. The van der Waals surface area contributed by atoms with Crippen molar-refractivity contribution in [1.82, 2.24) is 9.47 Å². The van der Waals surface area contributed by atoms with E-state index in [1.54, 1.807) is 31.4 Å². The number of hydrogen-bond acceptors (Lipinski definition) is 5. The molecule has 176 valence electrons. The number of nitrogens with zero attached hydrogens (tertiary/aromatic N) is 2. The van der Waals surface area contributed by atoms with E-state index in [-0.39, 0.29) is 11.5 Å².